The van der Waals surface area contributed by atoms with E-state index in [-0.39, 0.29) is 29.3 Å². The lowest BCUT2D eigenvalue weighted by Gasteiger charge is -2.27. The molecule has 1 amide bonds. The maximum atomic E-state index is 11.9. The van der Waals surface area contributed by atoms with Gasteiger partial charge in [0, 0.05) is 19.0 Å². The Morgan fingerprint density at radius 2 is 2.11 bits per heavy atom. The highest BCUT2D eigenvalue weighted by molar-refractivity contribution is 6.04. The fraction of sp³-hybridized carbons (Fsp3) is 0.333. The Kier molecular flexibility index (Phi) is 3.46. The molecule has 1 saturated heterocycles. The van der Waals surface area contributed by atoms with Crippen LogP contribution in [-0.2, 0) is 4.79 Å². The average molecular weight is 264 g/mol. The summed E-state index contributed by atoms with van der Waals surface area (Å²) in [5, 5.41) is 20.1. The molecule has 19 heavy (non-hydrogen) atoms. The van der Waals surface area contributed by atoms with Crippen molar-refractivity contribution in [2.24, 2.45) is 0 Å². The third-order valence-corrected chi connectivity index (χ3v) is 3.04. The molecule has 7 heteroatoms. The second kappa shape index (κ2) is 5.05. The number of anilines is 1. The summed E-state index contributed by atoms with van der Waals surface area (Å²) < 4.78 is 0. The van der Waals surface area contributed by atoms with Gasteiger partial charge < -0.3 is 10.0 Å². The number of aromatic carboxylic acids is 1. The SMILES string of the molecule is O=C(O)c1cccc([N+](=O)[O-])c1N1CCCCC1=O. The van der Waals surface area contributed by atoms with Crippen LogP contribution in [0.15, 0.2) is 18.2 Å². The van der Waals surface area contributed by atoms with Crippen molar-refractivity contribution in [2.75, 3.05) is 11.4 Å². The van der Waals surface area contributed by atoms with Crippen LogP contribution in [0.3, 0.4) is 0 Å². The van der Waals surface area contributed by atoms with E-state index in [4.69, 9.17) is 5.11 Å². The van der Waals surface area contributed by atoms with Crippen LogP contribution in [0.1, 0.15) is 29.6 Å². The van der Waals surface area contributed by atoms with Crippen LogP contribution in [-0.4, -0.2) is 28.5 Å². The molecule has 0 saturated carbocycles. The van der Waals surface area contributed by atoms with Gasteiger partial charge in [-0.1, -0.05) is 6.07 Å². The molecule has 0 radical (unpaired) electrons. The number of carbonyl (C=O) groups excluding carboxylic acids is 1. The number of nitro groups is 1. The Morgan fingerprint density at radius 1 is 1.37 bits per heavy atom. The van der Waals surface area contributed by atoms with E-state index in [9.17, 15) is 19.7 Å². The van der Waals surface area contributed by atoms with Crippen molar-refractivity contribution < 1.29 is 19.6 Å². The van der Waals surface area contributed by atoms with E-state index in [1.807, 2.05) is 0 Å². The molecule has 1 aliphatic heterocycles. The molecule has 0 aliphatic carbocycles. The van der Waals surface area contributed by atoms with Gasteiger partial charge in [-0.2, -0.15) is 0 Å². The number of para-hydroxylation sites is 1. The first-order chi connectivity index (χ1) is 9.02. The van der Waals surface area contributed by atoms with Gasteiger partial charge in [0.1, 0.15) is 5.69 Å². The number of carboxylic acid groups (broad SMARTS) is 1. The highest BCUT2D eigenvalue weighted by atomic mass is 16.6. The van der Waals surface area contributed by atoms with E-state index >= 15 is 0 Å². The minimum Gasteiger partial charge on any atom is -0.478 e. The third-order valence-electron chi connectivity index (χ3n) is 3.04. The number of hydrogen-bond donors (Lipinski definition) is 1. The quantitative estimate of drug-likeness (QED) is 0.662. The van der Waals surface area contributed by atoms with Crippen molar-refractivity contribution >= 4 is 23.3 Å². The first kappa shape index (κ1) is 13.0. The summed E-state index contributed by atoms with van der Waals surface area (Å²) in [7, 11) is 0. The second-order valence-electron chi connectivity index (χ2n) is 4.24. The Balaban J connectivity index is 2.60. The fourth-order valence-corrected chi connectivity index (χ4v) is 2.18. The van der Waals surface area contributed by atoms with Crippen molar-refractivity contribution in [3.63, 3.8) is 0 Å². The molecule has 0 unspecified atom stereocenters. The summed E-state index contributed by atoms with van der Waals surface area (Å²) in [4.78, 5) is 34.6. The molecule has 1 aromatic rings. The number of hydrogen-bond acceptors (Lipinski definition) is 4. The largest absolute Gasteiger partial charge is 0.478 e. The van der Waals surface area contributed by atoms with E-state index in [1.54, 1.807) is 0 Å². The van der Waals surface area contributed by atoms with Crippen molar-refractivity contribution in [1.82, 2.24) is 0 Å². The number of amides is 1. The summed E-state index contributed by atoms with van der Waals surface area (Å²) in [5.74, 6) is -1.56. The van der Waals surface area contributed by atoms with Crippen molar-refractivity contribution in [1.29, 1.82) is 0 Å². The molecule has 2 rings (SSSR count). The van der Waals surface area contributed by atoms with E-state index in [0.717, 1.165) is 6.42 Å². The highest BCUT2D eigenvalue weighted by Crippen LogP contribution is 2.34. The number of piperidine rings is 1. The maximum Gasteiger partial charge on any atom is 0.338 e. The Bertz CT molecular complexity index is 523. The van der Waals surface area contributed by atoms with Gasteiger partial charge in [0.15, 0.2) is 0 Å². The first-order valence-corrected chi connectivity index (χ1v) is 5.83. The minimum absolute atomic E-state index is 0.107. The van der Waals surface area contributed by atoms with Gasteiger partial charge in [0.2, 0.25) is 5.91 Å². The lowest BCUT2D eigenvalue weighted by molar-refractivity contribution is -0.384. The predicted molar refractivity (Wildman–Crippen MR) is 66.3 cm³/mol. The second-order valence-corrected chi connectivity index (χ2v) is 4.24. The van der Waals surface area contributed by atoms with Gasteiger partial charge in [-0.3, -0.25) is 14.9 Å². The Morgan fingerprint density at radius 3 is 2.68 bits per heavy atom. The monoisotopic (exact) mass is 264 g/mol. The van der Waals surface area contributed by atoms with E-state index < -0.39 is 10.9 Å². The summed E-state index contributed by atoms with van der Waals surface area (Å²) in [6.07, 6.45) is 1.71. The smallest absolute Gasteiger partial charge is 0.338 e. The lowest BCUT2D eigenvalue weighted by atomic mass is 10.1. The average Bonchev–Trinajstić information content (AvgIpc) is 2.38. The van der Waals surface area contributed by atoms with Gasteiger partial charge in [0.25, 0.3) is 5.69 Å². The molecule has 1 aliphatic rings. The standard InChI is InChI=1S/C12H12N2O5/c15-10-6-1-2-7-13(10)11-8(12(16)17)4-3-5-9(11)14(18)19/h3-5H,1-2,6-7H2,(H,16,17). The first-order valence-electron chi connectivity index (χ1n) is 5.83. The molecule has 1 aromatic carbocycles. The van der Waals surface area contributed by atoms with Crippen LogP contribution in [0.5, 0.6) is 0 Å². The number of carbonyl (C=O) groups is 2. The van der Waals surface area contributed by atoms with Crippen LogP contribution in [0.25, 0.3) is 0 Å². The van der Waals surface area contributed by atoms with Crippen molar-refractivity contribution in [2.45, 2.75) is 19.3 Å². The number of nitrogens with zero attached hydrogens (tertiary/aromatic N) is 2. The Hall–Kier alpha value is -2.44. The molecule has 100 valence electrons. The molecular weight excluding hydrogens is 252 g/mol. The third kappa shape index (κ3) is 2.40. The summed E-state index contributed by atoms with van der Waals surface area (Å²) in [6.45, 7) is 0.309. The molecule has 0 atom stereocenters. The summed E-state index contributed by atoms with van der Waals surface area (Å²) >= 11 is 0. The van der Waals surface area contributed by atoms with Crippen LogP contribution in [0.4, 0.5) is 11.4 Å². The molecule has 1 fully saturated rings. The fourth-order valence-electron chi connectivity index (χ4n) is 2.18. The predicted octanol–water partition coefficient (Wildman–Crippen LogP) is 1.81. The molecule has 0 spiro atoms. The van der Waals surface area contributed by atoms with E-state index in [1.165, 1.54) is 23.1 Å². The van der Waals surface area contributed by atoms with E-state index in [2.05, 4.69) is 0 Å². The summed E-state index contributed by atoms with van der Waals surface area (Å²) in [6, 6.07) is 3.79. The number of nitro benzene ring substituents is 1. The number of rotatable bonds is 3. The molecule has 0 bridgehead atoms. The zero-order valence-electron chi connectivity index (χ0n) is 10.0. The highest BCUT2D eigenvalue weighted by Gasteiger charge is 2.31. The van der Waals surface area contributed by atoms with Gasteiger partial charge >= 0.3 is 5.97 Å². The van der Waals surface area contributed by atoms with Crippen molar-refractivity contribution in [3.8, 4) is 0 Å². The van der Waals surface area contributed by atoms with Crippen molar-refractivity contribution in [3.05, 3.63) is 33.9 Å². The van der Waals surface area contributed by atoms with Gasteiger partial charge in [-0.25, -0.2) is 4.79 Å². The topological polar surface area (TPSA) is 101 Å². The maximum absolute atomic E-state index is 11.9. The zero-order valence-corrected chi connectivity index (χ0v) is 10.0. The van der Waals surface area contributed by atoms with Crippen LogP contribution < -0.4 is 4.90 Å². The van der Waals surface area contributed by atoms with Gasteiger partial charge in [-0.05, 0) is 18.9 Å². The molecule has 7 nitrogen and oxygen atoms in total. The minimum atomic E-state index is -1.28. The number of benzene rings is 1. The summed E-state index contributed by atoms with van der Waals surface area (Å²) in [5.41, 5.74) is -0.677. The van der Waals surface area contributed by atoms with Gasteiger partial charge in [0.05, 0.1) is 10.5 Å². The molecule has 1 N–H and O–H groups in total. The van der Waals surface area contributed by atoms with Gasteiger partial charge in [-0.15, -0.1) is 0 Å². The van der Waals surface area contributed by atoms with Crippen LogP contribution in [0.2, 0.25) is 0 Å². The molecule has 0 aromatic heterocycles. The number of carboxylic acids is 1. The van der Waals surface area contributed by atoms with Crippen LogP contribution in [0, 0.1) is 10.1 Å². The Labute approximate surface area is 108 Å². The normalized spacial score (nSPS) is 15.4. The lowest BCUT2D eigenvalue weighted by Crippen LogP contribution is -2.36. The zero-order chi connectivity index (χ0) is 14.0. The van der Waals surface area contributed by atoms with E-state index in [0.29, 0.717) is 13.0 Å². The molecule has 1 heterocycles. The van der Waals surface area contributed by atoms with Crippen LogP contribution >= 0.6 is 0 Å². The molecular formula is C12H12N2O5.